The summed E-state index contributed by atoms with van der Waals surface area (Å²) in [6.07, 6.45) is 3.26. The monoisotopic (exact) mass is 496 g/mol. The standard InChI is InChI=1S/C25H29ClN4OSSi/c1-25(2,3)33(20-10-6-4-7-11-20,21-12-8-5-9-13-21)31-15-17-32-16-14-30-19-29-22-23(26)27-18-28-24(22)30/h4-13,18-19H,14-17H2,1-3H3. The highest BCUT2D eigenvalue weighted by atomic mass is 35.5. The van der Waals surface area contributed by atoms with Crippen LogP contribution in [0.25, 0.3) is 11.2 Å². The van der Waals surface area contributed by atoms with Crippen molar-refractivity contribution in [3.63, 3.8) is 0 Å². The van der Waals surface area contributed by atoms with Gasteiger partial charge in [0.1, 0.15) is 11.8 Å². The number of aryl methyl sites for hydroxylation is 1. The van der Waals surface area contributed by atoms with Crippen molar-refractivity contribution in [2.45, 2.75) is 32.4 Å². The first kappa shape index (κ1) is 23.9. The van der Waals surface area contributed by atoms with Crippen molar-refractivity contribution in [2.24, 2.45) is 0 Å². The average molecular weight is 497 g/mol. The van der Waals surface area contributed by atoms with Crippen molar-refractivity contribution in [1.82, 2.24) is 19.5 Å². The molecule has 0 saturated carbocycles. The fraction of sp³-hybridized carbons (Fsp3) is 0.320. The molecule has 0 spiro atoms. The Morgan fingerprint density at radius 2 is 1.55 bits per heavy atom. The molecule has 4 aromatic rings. The minimum atomic E-state index is -2.47. The minimum absolute atomic E-state index is 0.00489. The second-order valence-corrected chi connectivity index (χ2v) is 14.8. The van der Waals surface area contributed by atoms with Crippen LogP contribution < -0.4 is 10.4 Å². The number of aromatic nitrogens is 4. The van der Waals surface area contributed by atoms with Gasteiger partial charge in [-0.25, -0.2) is 15.0 Å². The molecular weight excluding hydrogens is 468 g/mol. The normalized spacial score (nSPS) is 12.4. The van der Waals surface area contributed by atoms with Crippen molar-refractivity contribution in [3.8, 4) is 0 Å². The quantitative estimate of drug-likeness (QED) is 0.189. The maximum atomic E-state index is 6.95. The number of benzene rings is 2. The van der Waals surface area contributed by atoms with E-state index in [0.29, 0.717) is 17.3 Å². The summed E-state index contributed by atoms with van der Waals surface area (Å²) >= 11 is 7.99. The number of nitrogens with zero attached hydrogens (tertiary/aromatic N) is 4. The van der Waals surface area contributed by atoms with Gasteiger partial charge in [-0.05, 0) is 15.4 Å². The number of thioether (sulfide) groups is 1. The molecule has 2 aromatic carbocycles. The van der Waals surface area contributed by atoms with Gasteiger partial charge in [-0.15, -0.1) is 0 Å². The second kappa shape index (κ2) is 10.4. The van der Waals surface area contributed by atoms with Crippen LogP contribution in [0.5, 0.6) is 0 Å². The highest BCUT2D eigenvalue weighted by Gasteiger charge is 2.49. The number of hydrogen-bond donors (Lipinski definition) is 0. The summed E-state index contributed by atoms with van der Waals surface area (Å²) in [5.74, 6) is 1.87. The lowest BCUT2D eigenvalue weighted by Crippen LogP contribution is -2.66. The van der Waals surface area contributed by atoms with Gasteiger partial charge < -0.3 is 8.99 Å². The summed E-state index contributed by atoms with van der Waals surface area (Å²) in [5.41, 5.74) is 1.43. The summed E-state index contributed by atoms with van der Waals surface area (Å²) in [5, 5.41) is 3.02. The van der Waals surface area contributed by atoms with E-state index in [0.717, 1.165) is 23.7 Å². The molecule has 0 bridgehead atoms. The van der Waals surface area contributed by atoms with Crippen LogP contribution >= 0.6 is 23.4 Å². The molecule has 0 amide bonds. The molecule has 0 aliphatic heterocycles. The number of imidazole rings is 1. The van der Waals surface area contributed by atoms with E-state index in [1.165, 1.54) is 16.7 Å². The molecule has 0 aliphatic carbocycles. The fourth-order valence-electron chi connectivity index (χ4n) is 4.30. The zero-order valence-corrected chi connectivity index (χ0v) is 21.8. The Balaban J connectivity index is 1.44. The number of fused-ring (bicyclic) bond motifs is 1. The summed E-state index contributed by atoms with van der Waals surface area (Å²) < 4.78 is 8.98. The molecule has 5 nitrogen and oxygen atoms in total. The van der Waals surface area contributed by atoms with E-state index in [4.69, 9.17) is 16.0 Å². The molecule has 4 rings (SSSR count). The van der Waals surface area contributed by atoms with E-state index >= 15 is 0 Å². The summed E-state index contributed by atoms with van der Waals surface area (Å²) in [7, 11) is -2.47. The van der Waals surface area contributed by atoms with Gasteiger partial charge in [-0.3, -0.25) is 0 Å². The van der Waals surface area contributed by atoms with Crippen LogP contribution in [-0.4, -0.2) is 45.9 Å². The number of halogens is 1. The highest BCUT2D eigenvalue weighted by molar-refractivity contribution is 7.99. The second-order valence-electron chi connectivity index (χ2n) is 8.90. The fourth-order valence-corrected chi connectivity index (χ4v) is 9.92. The Labute approximate surface area is 205 Å². The van der Waals surface area contributed by atoms with Crippen molar-refractivity contribution < 1.29 is 4.43 Å². The predicted molar refractivity (Wildman–Crippen MR) is 141 cm³/mol. The maximum absolute atomic E-state index is 6.95. The summed E-state index contributed by atoms with van der Waals surface area (Å²) in [6.45, 7) is 8.45. The van der Waals surface area contributed by atoms with Gasteiger partial charge in [0.25, 0.3) is 8.32 Å². The van der Waals surface area contributed by atoms with Crippen LogP contribution in [0.3, 0.4) is 0 Å². The number of hydrogen-bond acceptors (Lipinski definition) is 5. The highest BCUT2D eigenvalue weighted by Crippen LogP contribution is 2.36. The first-order chi connectivity index (χ1) is 15.9. The maximum Gasteiger partial charge on any atom is 0.261 e. The lowest BCUT2D eigenvalue weighted by molar-refractivity contribution is 0.322. The lowest BCUT2D eigenvalue weighted by atomic mass is 10.2. The van der Waals surface area contributed by atoms with E-state index < -0.39 is 8.32 Å². The molecule has 0 radical (unpaired) electrons. The summed E-state index contributed by atoms with van der Waals surface area (Å²) in [4.78, 5) is 12.7. The smallest absolute Gasteiger partial charge is 0.261 e. The van der Waals surface area contributed by atoms with E-state index in [9.17, 15) is 0 Å². The average Bonchev–Trinajstić information content (AvgIpc) is 3.23. The van der Waals surface area contributed by atoms with Crippen molar-refractivity contribution in [2.75, 3.05) is 18.1 Å². The Kier molecular flexibility index (Phi) is 7.54. The lowest BCUT2D eigenvalue weighted by Gasteiger charge is -2.43. The molecule has 0 unspecified atom stereocenters. The van der Waals surface area contributed by atoms with Gasteiger partial charge in [0.05, 0.1) is 6.33 Å². The number of rotatable bonds is 9. The molecule has 8 heteroatoms. The van der Waals surface area contributed by atoms with Crippen LogP contribution in [0.2, 0.25) is 10.2 Å². The van der Waals surface area contributed by atoms with E-state index in [1.807, 2.05) is 16.3 Å². The third-order valence-corrected chi connectivity index (χ3v) is 12.0. The van der Waals surface area contributed by atoms with E-state index in [1.54, 1.807) is 6.33 Å². The van der Waals surface area contributed by atoms with Crippen LogP contribution in [0.15, 0.2) is 73.3 Å². The van der Waals surface area contributed by atoms with Crippen molar-refractivity contribution in [1.29, 1.82) is 0 Å². The molecule has 0 aliphatic rings. The molecular formula is C25H29ClN4OSSi. The van der Waals surface area contributed by atoms with Gasteiger partial charge in [-0.2, -0.15) is 11.8 Å². The van der Waals surface area contributed by atoms with Crippen molar-refractivity contribution in [3.05, 3.63) is 78.5 Å². The Morgan fingerprint density at radius 3 is 2.15 bits per heavy atom. The van der Waals surface area contributed by atoms with Crippen molar-refractivity contribution >= 4 is 53.2 Å². The molecule has 0 saturated heterocycles. The Bertz CT molecular complexity index is 1140. The Hall–Kier alpha value is -2.19. The zero-order valence-electron chi connectivity index (χ0n) is 19.2. The molecule has 0 fully saturated rings. The van der Waals surface area contributed by atoms with Gasteiger partial charge >= 0.3 is 0 Å². The molecule has 2 heterocycles. The molecule has 0 N–H and O–H groups in total. The zero-order chi connectivity index (χ0) is 23.3. The molecule has 2 aromatic heterocycles. The topological polar surface area (TPSA) is 52.8 Å². The van der Waals surface area contributed by atoms with E-state index in [-0.39, 0.29) is 5.04 Å². The minimum Gasteiger partial charge on any atom is -0.407 e. The van der Waals surface area contributed by atoms with Gasteiger partial charge in [0, 0.05) is 24.7 Å². The summed E-state index contributed by atoms with van der Waals surface area (Å²) in [6, 6.07) is 21.6. The van der Waals surface area contributed by atoms with Crippen LogP contribution in [0.1, 0.15) is 20.8 Å². The molecule has 172 valence electrons. The molecule has 0 atom stereocenters. The molecule has 33 heavy (non-hydrogen) atoms. The largest absolute Gasteiger partial charge is 0.407 e. The first-order valence-electron chi connectivity index (χ1n) is 11.1. The van der Waals surface area contributed by atoms with Crippen LogP contribution in [0.4, 0.5) is 0 Å². The van der Waals surface area contributed by atoms with Gasteiger partial charge in [-0.1, -0.05) is 93.0 Å². The van der Waals surface area contributed by atoms with Gasteiger partial charge in [0.2, 0.25) is 0 Å². The van der Waals surface area contributed by atoms with Crippen LogP contribution in [-0.2, 0) is 11.0 Å². The Morgan fingerprint density at radius 1 is 0.909 bits per heavy atom. The third kappa shape index (κ3) is 5.01. The van der Waals surface area contributed by atoms with Gasteiger partial charge in [0.15, 0.2) is 10.8 Å². The first-order valence-corrected chi connectivity index (χ1v) is 14.5. The predicted octanol–water partition coefficient (Wildman–Crippen LogP) is 4.79. The van der Waals surface area contributed by atoms with Crippen LogP contribution in [0, 0.1) is 0 Å². The SMILES string of the molecule is CC(C)(C)[Si](OCCSCCn1cnc2c(Cl)ncnc21)(c1ccccc1)c1ccccc1. The van der Waals surface area contributed by atoms with E-state index in [2.05, 4.69) is 96.4 Å². The third-order valence-electron chi connectivity index (χ3n) is 5.80.